The van der Waals surface area contributed by atoms with E-state index in [0.717, 1.165) is 22.6 Å². The zero-order valence-corrected chi connectivity index (χ0v) is 13.3. The molecule has 2 rings (SSSR count). The summed E-state index contributed by atoms with van der Waals surface area (Å²) in [6.07, 6.45) is 0. The lowest BCUT2D eigenvalue weighted by molar-refractivity contribution is 0.394. The van der Waals surface area contributed by atoms with Crippen LogP contribution in [-0.4, -0.2) is 24.0 Å². The Morgan fingerprint density at radius 1 is 1.30 bits per heavy atom. The number of nitriles is 1. The largest absolute Gasteiger partial charge is 0.497 e. The number of nitrogens with zero attached hydrogens (tertiary/aromatic N) is 3. The number of hydrogen-bond acceptors (Lipinski definition) is 4. The Bertz CT molecular complexity index is 701. The van der Waals surface area contributed by atoms with E-state index in [0.29, 0.717) is 15.9 Å². The molecule has 0 fully saturated rings. The van der Waals surface area contributed by atoms with Gasteiger partial charge in [-0.3, -0.25) is 4.68 Å². The van der Waals surface area contributed by atoms with Crippen molar-refractivity contribution in [1.82, 2.24) is 9.78 Å². The van der Waals surface area contributed by atoms with Gasteiger partial charge in [-0.1, -0.05) is 0 Å². The molecular formula is C14H14BrN3O2. The highest BCUT2D eigenvalue weighted by molar-refractivity contribution is 9.10. The monoisotopic (exact) mass is 335 g/mol. The summed E-state index contributed by atoms with van der Waals surface area (Å²) in [5.74, 6) is 1.40. The molecule has 1 heterocycles. The Kier molecular flexibility index (Phi) is 4.00. The predicted molar refractivity (Wildman–Crippen MR) is 78.9 cm³/mol. The summed E-state index contributed by atoms with van der Waals surface area (Å²) in [5, 5.41) is 13.3. The molecule has 2 aromatic rings. The number of hydrogen-bond donors (Lipinski definition) is 0. The summed E-state index contributed by atoms with van der Waals surface area (Å²) in [5.41, 5.74) is 3.02. The van der Waals surface area contributed by atoms with Crippen molar-refractivity contribution >= 4 is 15.9 Å². The van der Waals surface area contributed by atoms with E-state index in [4.69, 9.17) is 14.7 Å². The van der Waals surface area contributed by atoms with Gasteiger partial charge >= 0.3 is 0 Å². The quantitative estimate of drug-likeness (QED) is 0.864. The minimum atomic E-state index is 0.347. The van der Waals surface area contributed by atoms with Crippen LogP contribution in [0.25, 0.3) is 11.3 Å². The molecular weight excluding hydrogens is 322 g/mol. The number of methoxy groups -OCH3 is 2. The van der Waals surface area contributed by atoms with Crippen molar-refractivity contribution < 1.29 is 9.47 Å². The highest BCUT2D eigenvalue weighted by Crippen LogP contribution is 2.40. The molecule has 0 atom stereocenters. The molecule has 0 aliphatic heterocycles. The molecule has 0 aliphatic carbocycles. The second-order valence-corrected chi connectivity index (χ2v) is 5.06. The van der Waals surface area contributed by atoms with Crippen LogP contribution in [0.5, 0.6) is 11.5 Å². The third-order valence-corrected chi connectivity index (χ3v) is 3.81. The van der Waals surface area contributed by atoms with Gasteiger partial charge in [-0.2, -0.15) is 10.4 Å². The van der Waals surface area contributed by atoms with Crippen LogP contribution < -0.4 is 9.47 Å². The Labute approximate surface area is 125 Å². The molecule has 0 unspecified atom stereocenters. The molecule has 0 saturated carbocycles. The highest BCUT2D eigenvalue weighted by Gasteiger charge is 2.21. The zero-order chi connectivity index (χ0) is 14.9. The van der Waals surface area contributed by atoms with E-state index >= 15 is 0 Å². The van der Waals surface area contributed by atoms with E-state index in [-0.39, 0.29) is 0 Å². The summed E-state index contributed by atoms with van der Waals surface area (Å²) in [6, 6.07) is 5.79. The number of aromatic nitrogens is 2. The summed E-state index contributed by atoms with van der Waals surface area (Å²) < 4.78 is 13.0. The maximum atomic E-state index is 9.07. The van der Waals surface area contributed by atoms with Gasteiger partial charge in [-0.05, 0) is 34.5 Å². The molecule has 0 saturated heterocycles. The first-order valence-corrected chi connectivity index (χ1v) is 6.68. The molecule has 1 aromatic carbocycles. The van der Waals surface area contributed by atoms with Crippen LogP contribution >= 0.6 is 15.9 Å². The summed E-state index contributed by atoms with van der Waals surface area (Å²) in [7, 11) is 5.01. The molecule has 6 heteroatoms. The molecule has 0 N–H and O–H groups in total. The average molecular weight is 336 g/mol. The number of ether oxygens (including phenoxy) is 2. The molecule has 20 heavy (non-hydrogen) atoms. The highest BCUT2D eigenvalue weighted by atomic mass is 79.9. The lowest BCUT2D eigenvalue weighted by Crippen LogP contribution is -1.99. The van der Waals surface area contributed by atoms with Gasteiger partial charge in [-0.15, -0.1) is 0 Å². The molecule has 104 valence electrons. The van der Waals surface area contributed by atoms with Crippen LogP contribution in [0.3, 0.4) is 0 Å². The molecule has 0 bridgehead atoms. The Hall–Kier alpha value is -2.00. The predicted octanol–water partition coefficient (Wildman–Crippen LogP) is 3.05. The van der Waals surface area contributed by atoms with Gasteiger partial charge in [-0.25, -0.2) is 0 Å². The molecule has 0 spiro atoms. The van der Waals surface area contributed by atoms with Crippen LogP contribution in [0.4, 0.5) is 0 Å². The van der Waals surface area contributed by atoms with Crippen molar-refractivity contribution in [3.8, 4) is 28.8 Å². The first-order valence-electron chi connectivity index (χ1n) is 5.89. The Morgan fingerprint density at radius 3 is 2.50 bits per heavy atom. The van der Waals surface area contributed by atoms with Crippen molar-refractivity contribution in [1.29, 1.82) is 5.26 Å². The Balaban J connectivity index is 2.76. The van der Waals surface area contributed by atoms with Gasteiger partial charge < -0.3 is 9.47 Å². The fourth-order valence-electron chi connectivity index (χ4n) is 2.15. The number of aryl methyl sites for hydroxylation is 2. The van der Waals surface area contributed by atoms with Crippen molar-refractivity contribution in [2.75, 3.05) is 14.2 Å². The van der Waals surface area contributed by atoms with Crippen LogP contribution in [-0.2, 0) is 7.05 Å². The third kappa shape index (κ3) is 2.25. The molecule has 5 nitrogen and oxygen atoms in total. The zero-order valence-electron chi connectivity index (χ0n) is 11.7. The first kappa shape index (κ1) is 14.4. The van der Waals surface area contributed by atoms with Gasteiger partial charge in [0.05, 0.1) is 24.4 Å². The van der Waals surface area contributed by atoms with Crippen LogP contribution in [0, 0.1) is 18.3 Å². The normalized spacial score (nSPS) is 10.2. The molecule has 0 aliphatic rings. The van der Waals surface area contributed by atoms with Crippen molar-refractivity contribution in [2.24, 2.45) is 7.05 Å². The minimum absolute atomic E-state index is 0.347. The molecule has 1 aromatic heterocycles. The van der Waals surface area contributed by atoms with Gasteiger partial charge in [0, 0.05) is 18.7 Å². The van der Waals surface area contributed by atoms with Gasteiger partial charge in [0.1, 0.15) is 17.6 Å². The maximum Gasteiger partial charge on any atom is 0.177 e. The minimum Gasteiger partial charge on any atom is -0.497 e. The lowest BCUT2D eigenvalue weighted by Gasteiger charge is -2.14. The maximum absolute atomic E-state index is 9.07. The van der Waals surface area contributed by atoms with Gasteiger partial charge in [0.2, 0.25) is 0 Å². The molecule has 0 amide bonds. The Morgan fingerprint density at radius 2 is 2.00 bits per heavy atom. The standard InChI is InChI=1S/C14H14BrN3O2/c1-8-5-9(19-3)6-11(20-4)12(8)14-13(15)10(7-16)17-18(14)2/h5-6H,1-4H3. The lowest BCUT2D eigenvalue weighted by atomic mass is 10.0. The second kappa shape index (κ2) is 5.55. The third-order valence-electron chi connectivity index (χ3n) is 3.06. The van der Waals surface area contributed by atoms with E-state index in [2.05, 4.69) is 27.1 Å². The summed E-state index contributed by atoms with van der Waals surface area (Å²) >= 11 is 3.44. The second-order valence-electron chi connectivity index (χ2n) is 4.27. The number of halogens is 1. The van der Waals surface area contributed by atoms with Gasteiger partial charge in [0.15, 0.2) is 5.69 Å². The van der Waals surface area contributed by atoms with Crippen molar-refractivity contribution in [3.05, 3.63) is 27.9 Å². The average Bonchev–Trinajstić information content (AvgIpc) is 2.72. The smallest absolute Gasteiger partial charge is 0.177 e. The number of rotatable bonds is 3. The first-order chi connectivity index (χ1) is 9.53. The molecule has 0 radical (unpaired) electrons. The summed E-state index contributed by atoms with van der Waals surface area (Å²) in [4.78, 5) is 0. The van der Waals surface area contributed by atoms with E-state index in [1.54, 1.807) is 25.9 Å². The van der Waals surface area contributed by atoms with Gasteiger partial charge in [0.25, 0.3) is 0 Å². The fourth-order valence-corrected chi connectivity index (χ4v) is 2.77. The van der Waals surface area contributed by atoms with E-state index in [9.17, 15) is 0 Å². The van der Waals surface area contributed by atoms with Crippen molar-refractivity contribution in [2.45, 2.75) is 6.92 Å². The van der Waals surface area contributed by atoms with E-state index in [1.165, 1.54) is 0 Å². The van der Waals surface area contributed by atoms with Crippen LogP contribution in [0.1, 0.15) is 11.3 Å². The summed E-state index contributed by atoms with van der Waals surface area (Å²) in [6.45, 7) is 1.96. The SMILES string of the molecule is COc1cc(C)c(-c2c(Br)c(C#N)nn2C)c(OC)c1. The van der Waals surface area contributed by atoms with E-state index in [1.807, 2.05) is 19.1 Å². The van der Waals surface area contributed by atoms with Crippen LogP contribution in [0.15, 0.2) is 16.6 Å². The van der Waals surface area contributed by atoms with Crippen LogP contribution in [0.2, 0.25) is 0 Å². The topological polar surface area (TPSA) is 60.1 Å². The van der Waals surface area contributed by atoms with Crippen molar-refractivity contribution in [3.63, 3.8) is 0 Å². The number of benzene rings is 1. The fraction of sp³-hybridized carbons (Fsp3) is 0.286. The van der Waals surface area contributed by atoms with E-state index < -0.39 is 0 Å².